The van der Waals surface area contributed by atoms with E-state index in [1.807, 2.05) is 0 Å². The molecule has 0 aliphatic carbocycles. The summed E-state index contributed by atoms with van der Waals surface area (Å²) in [7, 11) is 0. The van der Waals surface area contributed by atoms with Crippen molar-refractivity contribution in [2.75, 3.05) is 13.2 Å². The summed E-state index contributed by atoms with van der Waals surface area (Å²) in [5.41, 5.74) is 1.01. The molecule has 1 heterocycles. The van der Waals surface area contributed by atoms with Crippen molar-refractivity contribution in [2.45, 2.75) is 46.1 Å². The Morgan fingerprint density at radius 1 is 1.42 bits per heavy atom. The van der Waals surface area contributed by atoms with E-state index in [0.29, 0.717) is 0 Å². The Kier molecular flexibility index (Phi) is 6.38. The highest BCUT2D eigenvalue weighted by molar-refractivity contribution is 5.09. The predicted molar refractivity (Wildman–Crippen MR) is 75.3 cm³/mol. The first-order valence-corrected chi connectivity index (χ1v) is 6.94. The van der Waals surface area contributed by atoms with Crippen molar-refractivity contribution in [1.29, 1.82) is 0 Å². The maximum Gasteiger partial charge on any atom is 0.141 e. The van der Waals surface area contributed by atoms with E-state index in [-0.39, 0.29) is 23.9 Å². The van der Waals surface area contributed by atoms with Crippen LogP contribution >= 0.6 is 0 Å². The number of aliphatic hydroxyl groups excluding tert-OH is 1. The van der Waals surface area contributed by atoms with Crippen LogP contribution in [0.4, 0.5) is 4.39 Å². The molecule has 0 saturated heterocycles. The molecule has 19 heavy (non-hydrogen) atoms. The van der Waals surface area contributed by atoms with Gasteiger partial charge < -0.3 is 10.4 Å². The van der Waals surface area contributed by atoms with Gasteiger partial charge in [-0.2, -0.15) is 0 Å². The topological polar surface area (TPSA) is 45.1 Å². The van der Waals surface area contributed by atoms with E-state index in [9.17, 15) is 4.39 Å². The number of rotatable bonds is 8. The number of halogens is 1. The molecule has 0 aromatic carbocycles. The van der Waals surface area contributed by atoms with Crippen LogP contribution in [0.25, 0.3) is 0 Å². The van der Waals surface area contributed by atoms with Crippen LogP contribution in [0.15, 0.2) is 18.3 Å². The normalized spacial score (nSPS) is 13.5. The van der Waals surface area contributed by atoms with Gasteiger partial charge in [-0.1, -0.05) is 20.8 Å². The lowest BCUT2D eigenvalue weighted by Gasteiger charge is -2.27. The Bertz CT molecular complexity index is 365. The molecule has 0 amide bonds. The summed E-state index contributed by atoms with van der Waals surface area (Å²) >= 11 is 0. The Labute approximate surface area is 115 Å². The van der Waals surface area contributed by atoms with E-state index in [2.05, 4.69) is 31.1 Å². The summed E-state index contributed by atoms with van der Waals surface area (Å²) in [5, 5.41) is 12.4. The molecule has 0 bridgehead atoms. The van der Waals surface area contributed by atoms with Crippen LogP contribution in [0.1, 0.15) is 51.8 Å². The maximum atomic E-state index is 12.9. The average Bonchev–Trinajstić information content (AvgIpc) is 2.39. The number of pyridine rings is 1. The first kappa shape index (κ1) is 16.1. The third-order valence-electron chi connectivity index (χ3n) is 3.35. The van der Waals surface area contributed by atoms with E-state index >= 15 is 0 Å². The fourth-order valence-corrected chi connectivity index (χ4v) is 2.10. The van der Waals surface area contributed by atoms with Crippen LogP contribution < -0.4 is 5.32 Å². The number of nitrogens with zero attached hydrogens (tertiary/aromatic N) is 1. The predicted octanol–water partition coefficient (Wildman–Crippen LogP) is 3.06. The molecule has 1 unspecified atom stereocenters. The van der Waals surface area contributed by atoms with E-state index < -0.39 is 0 Å². The fourth-order valence-electron chi connectivity index (χ4n) is 2.10. The van der Waals surface area contributed by atoms with E-state index in [0.717, 1.165) is 31.5 Å². The molecule has 4 heteroatoms. The largest absolute Gasteiger partial charge is 0.396 e. The summed E-state index contributed by atoms with van der Waals surface area (Å²) in [6, 6.07) is 3.33. The Morgan fingerprint density at radius 3 is 2.68 bits per heavy atom. The second-order valence-electron chi connectivity index (χ2n) is 5.73. The second kappa shape index (κ2) is 7.56. The van der Waals surface area contributed by atoms with Crippen molar-refractivity contribution in [3.8, 4) is 0 Å². The zero-order chi connectivity index (χ0) is 14.3. The molecular weight excluding hydrogens is 243 g/mol. The van der Waals surface area contributed by atoms with Crippen LogP contribution in [-0.4, -0.2) is 23.2 Å². The van der Waals surface area contributed by atoms with Crippen LogP contribution in [-0.2, 0) is 0 Å². The fraction of sp³-hybridized carbons (Fsp3) is 0.667. The molecule has 1 rings (SSSR count). The minimum absolute atomic E-state index is 0.135. The van der Waals surface area contributed by atoms with Crippen molar-refractivity contribution >= 4 is 0 Å². The third kappa shape index (κ3) is 5.66. The standard InChI is InChI=1S/C15H25FN2O/c1-4-13(14-7-6-12(16)10-17-14)18-11-15(2,3)8-5-9-19/h6-7,10,13,18-19H,4-5,8-9,11H2,1-3H3. The first-order valence-electron chi connectivity index (χ1n) is 6.94. The quantitative estimate of drug-likeness (QED) is 0.761. The Hall–Kier alpha value is -1.00. The molecule has 2 N–H and O–H groups in total. The van der Waals surface area contributed by atoms with Crippen molar-refractivity contribution in [2.24, 2.45) is 5.41 Å². The molecule has 1 aromatic rings. The Balaban J connectivity index is 2.55. The summed E-state index contributed by atoms with van der Waals surface area (Å²) in [6.07, 6.45) is 3.97. The minimum atomic E-state index is -0.304. The monoisotopic (exact) mass is 268 g/mol. The van der Waals surface area contributed by atoms with Crippen molar-refractivity contribution in [3.63, 3.8) is 0 Å². The minimum Gasteiger partial charge on any atom is -0.396 e. The lowest BCUT2D eigenvalue weighted by molar-refractivity contribution is 0.231. The average molecular weight is 268 g/mol. The van der Waals surface area contributed by atoms with Crippen LogP contribution in [0.3, 0.4) is 0 Å². The highest BCUT2D eigenvalue weighted by Crippen LogP contribution is 2.23. The van der Waals surface area contributed by atoms with Gasteiger partial charge in [0.1, 0.15) is 5.82 Å². The molecule has 0 aliphatic heterocycles. The van der Waals surface area contributed by atoms with Crippen LogP contribution in [0.5, 0.6) is 0 Å². The van der Waals surface area contributed by atoms with Gasteiger partial charge in [-0.3, -0.25) is 4.98 Å². The van der Waals surface area contributed by atoms with Crippen molar-refractivity contribution in [3.05, 3.63) is 29.8 Å². The van der Waals surface area contributed by atoms with Gasteiger partial charge in [0.25, 0.3) is 0 Å². The number of nitrogens with one attached hydrogen (secondary N) is 1. The second-order valence-corrected chi connectivity index (χ2v) is 5.73. The number of hydrogen-bond acceptors (Lipinski definition) is 3. The lowest BCUT2D eigenvalue weighted by Crippen LogP contribution is -2.32. The van der Waals surface area contributed by atoms with Gasteiger partial charge in [0.15, 0.2) is 0 Å². The van der Waals surface area contributed by atoms with Gasteiger partial charge in [0.2, 0.25) is 0 Å². The molecule has 0 aliphatic rings. The molecule has 0 fully saturated rings. The molecular formula is C15H25FN2O. The van der Waals surface area contributed by atoms with Gasteiger partial charge in [-0.25, -0.2) is 4.39 Å². The van der Waals surface area contributed by atoms with E-state index in [1.165, 1.54) is 12.3 Å². The molecule has 0 radical (unpaired) electrons. The summed E-state index contributed by atoms with van der Waals surface area (Å²) in [4.78, 5) is 4.13. The number of aliphatic hydroxyl groups is 1. The summed E-state index contributed by atoms with van der Waals surface area (Å²) in [5.74, 6) is -0.304. The number of aromatic nitrogens is 1. The maximum absolute atomic E-state index is 12.9. The summed E-state index contributed by atoms with van der Waals surface area (Å²) < 4.78 is 12.9. The van der Waals surface area contributed by atoms with Gasteiger partial charge in [0, 0.05) is 19.2 Å². The molecule has 1 aromatic heterocycles. The molecule has 1 atom stereocenters. The third-order valence-corrected chi connectivity index (χ3v) is 3.35. The zero-order valence-corrected chi connectivity index (χ0v) is 12.1. The first-order chi connectivity index (χ1) is 8.98. The lowest BCUT2D eigenvalue weighted by atomic mass is 9.87. The van der Waals surface area contributed by atoms with Crippen LogP contribution in [0, 0.1) is 11.2 Å². The van der Waals surface area contributed by atoms with E-state index in [1.54, 1.807) is 6.07 Å². The summed E-state index contributed by atoms with van der Waals surface area (Å²) in [6.45, 7) is 7.54. The van der Waals surface area contributed by atoms with Crippen LogP contribution in [0.2, 0.25) is 0 Å². The van der Waals surface area contributed by atoms with Crippen molar-refractivity contribution in [1.82, 2.24) is 10.3 Å². The molecule has 3 nitrogen and oxygen atoms in total. The van der Waals surface area contributed by atoms with Crippen molar-refractivity contribution < 1.29 is 9.50 Å². The SMILES string of the molecule is CCC(NCC(C)(C)CCCO)c1ccc(F)cn1. The Morgan fingerprint density at radius 2 is 2.16 bits per heavy atom. The smallest absolute Gasteiger partial charge is 0.141 e. The number of hydrogen-bond donors (Lipinski definition) is 2. The molecule has 0 saturated carbocycles. The van der Waals surface area contributed by atoms with Gasteiger partial charge in [-0.05, 0) is 36.8 Å². The molecule has 108 valence electrons. The van der Waals surface area contributed by atoms with Gasteiger partial charge in [-0.15, -0.1) is 0 Å². The molecule has 0 spiro atoms. The highest BCUT2D eigenvalue weighted by Gasteiger charge is 2.19. The van der Waals surface area contributed by atoms with Gasteiger partial charge in [0.05, 0.1) is 11.9 Å². The van der Waals surface area contributed by atoms with E-state index in [4.69, 9.17) is 5.11 Å². The zero-order valence-electron chi connectivity index (χ0n) is 12.1. The highest BCUT2D eigenvalue weighted by atomic mass is 19.1. The van der Waals surface area contributed by atoms with Gasteiger partial charge >= 0.3 is 0 Å².